The van der Waals surface area contributed by atoms with Gasteiger partial charge in [0.25, 0.3) is 5.91 Å². The predicted octanol–water partition coefficient (Wildman–Crippen LogP) is 0.949. The van der Waals surface area contributed by atoms with Crippen molar-refractivity contribution in [2.24, 2.45) is 0 Å². The normalized spacial score (nSPS) is 24.0. The highest BCUT2D eigenvalue weighted by molar-refractivity contribution is 6.34. The molecule has 4 rings (SSSR count). The molecule has 116 valence electrons. The molecule has 0 spiro atoms. The molecule has 4 heterocycles. The van der Waals surface area contributed by atoms with Gasteiger partial charge in [0.2, 0.25) is 0 Å². The molecule has 2 atom stereocenters. The van der Waals surface area contributed by atoms with Gasteiger partial charge in [-0.3, -0.25) is 9.89 Å². The lowest BCUT2D eigenvalue weighted by Crippen LogP contribution is -2.50. The standard InChI is InChI=1S/C13H15ClN6O2/c1-7-11(14)12(17-16-7)13(21)19-3-2-10-9(5-19)20-8(6-22-10)4-15-18-20/h4,9-10H,2-3,5-6H2,1H3,(H,16,17)/t9-,10+/m0/s1. The second kappa shape index (κ2) is 5.06. The van der Waals surface area contributed by atoms with Gasteiger partial charge >= 0.3 is 0 Å². The van der Waals surface area contributed by atoms with E-state index in [1.165, 1.54) is 0 Å². The molecule has 1 saturated heterocycles. The van der Waals surface area contributed by atoms with Crippen molar-refractivity contribution in [2.75, 3.05) is 13.1 Å². The van der Waals surface area contributed by atoms with E-state index in [-0.39, 0.29) is 23.7 Å². The first kappa shape index (κ1) is 13.7. The number of fused-ring (bicyclic) bond motifs is 3. The lowest BCUT2D eigenvalue weighted by Gasteiger charge is -2.40. The van der Waals surface area contributed by atoms with Crippen LogP contribution in [0.3, 0.4) is 0 Å². The third-order valence-corrected chi connectivity index (χ3v) is 4.75. The summed E-state index contributed by atoms with van der Waals surface area (Å²) >= 11 is 6.13. The molecule has 0 unspecified atom stereocenters. The first-order valence-corrected chi connectivity index (χ1v) is 7.53. The molecular formula is C13H15ClN6O2. The Labute approximate surface area is 131 Å². The zero-order valence-electron chi connectivity index (χ0n) is 12.0. The summed E-state index contributed by atoms with van der Waals surface area (Å²) in [6, 6.07) is -0.0113. The summed E-state index contributed by atoms with van der Waals surface area (Å²) in [5.74, 6) is -0.167. The van der Waals surface area contributed by atoms with Gasteiger partial charge in [-0.05, 0) is 13.3 Å². The molecule has 0 aliphatic carbocycles. The molecule has 2 aliphatic heterocycles. The zero-order chi connectivity index (χ0) is 15.3. The van der Waals surface area contributed by atoms with Crippen LogP contribution in [0.4, 0.5) is 0 Å². The lowest BCUT2D eigenvalue weighted by molar-refractivity contribution is -0.0605. The van der Waals surface area contributed by atoms with Crippen molar-refractivity contribution >= 4 is 17.5 Å². The first-order chi connectivity index (χ1) is 10.6. The summed E-state index contributed by atoms with van der Waals surface area (Å²) in [6.45, 7) is 3.44. The summed E-state index contributed by atoms with van der Waals surface area (Å²) in [5.41, 5.74) is 1.90. The minimum atomic E-state index is -0.167. The third kappa shape index (κ3) is 2.02. The van der Waals surface area contributed by atoms with Crippen molar-refractivity contribution < 1.29 is 9.53 Å². The number of carbonyl (C=O) groups is 1. The summed E-state index contributed by atoms with van der Waals surface area (Å²) in [4.78, 5) is 14.4. The molecule has 22 heavy (non-hydrogen) atoms. The number of hydrogen-bond donors (Lipinski definition) is 1. The van der Waals surface area contributed by atoms with Gasteiger partial charge in [-0.1, -0.05) is 16.8 Å². The van der Waals surface area contributed by atoms with Crippen molar-refractivity contribution in [2.45, 2.75) is 32.1 Å². The SMILES string of the molecule is Cc1[nH]nc(C(=O)N2CC[C@H]3OCc4cnnn4[C@H]3C2)c1Cl. The quantitative estimate of drug-likeness (QED) is 0.844. The number of aromatic nitrogens is 5. The third-order valence-electron chi connectivity index (χ3n) is 4.29. The van der Waals surface area contributed by atoms with Crippen molar-refractivity contribution in [3.8, 4) is 0 Å². The maximum Gasteiger partial charge on any atom is 0.275 e. The number of aryl methyl sites for hydroxylation is 1. The number of likely N-dealkylation sites (tertiary alicyclic amines) is 1. The van der Waals surface area contributed by atoms with Crippen LogP contribution in [0.25, 0.3) is 0 Å². The fraction of sp³-hybridized carbons (Fsp3) is 0.538. The van der Waals surface area contributed by atoms with E-state index in [2.05, 4.69) is 20.5 Å². The van der Waals surface area contributed by atoms with Gasteiger partial charge in [0, 0.05) is 13.1 Å². The lowest BCUT2D eigenvalue weighted by atomic mass is 10.00. The Kier molecular flexibility index (Phi) is 3.16. The minimum absolute atomic E-state index is 0.0113. The number of halogens is 1. The summed E-state index contributed by atoms with van der Waals surface area (Å²) in [6.07, 6.45) is 2.52. The predicted molar refractivity (Wildman–Crippen MR) is 76.5 cm³/mol. The van der Waals surface area contributed by atoms with Crippen molar-refractivity contribution in [1.29, 1.82) is 0 Å². The van der Waals surface area contributed by atoms with E-state index in [0.717, 1.165) is 12.1 Å². The van der Waals surface area contributed by atoms with Crippen LogP contribution in [0.5, 0.6) is 0 Å². The number of carbonyl (C=O) groups excluding carboxylic acids is 1. The highest BCUT2D eigenvalue weighted by Crippen LogP contribution is 2.31. The Morgan fingerprint density at radius 3 is 3.18 bits per heavy atom. The van der Waals surface area contributed by atoms with E-state index in [4.69, 9.17) is 16.3 Å². The van der Waals surface area contributed by atoms with Crippen LogP contribution in [0, 0.1) is 6.92 Å². The average Bonchev–Trinajstić information content (AvgIpc) is 3.14. The number of hydrogen-bond acceptors (Lipinski definition) is 5. The van der Waals surface area contributed by atoms with E-state index in [0.29, 0.717) is 30.4 Å². The van der Waals surface area contributed by atoms with E-state index in [9.17, 15) is 4.79 Å². The molecule has 2 aromatic heterocycles. The zero-order valence-corrected chi connectivity index (χ0v) is 12.7. The first-order valence-electron chi connectivity index (χ1n) is 7.15. The second-order valence-corrected chi connectivity index (χ2v) is 6.02. The Balaban J connectivity index is 1.59. The Morgan fingerprint density at radius 2 is 2.41 bits per heavy atom. The molecule has 1 fully saturated rings. The molecule has 0 saturated carbocycles. The molecule has 8 nitrogen and oxygen atoms in total. The van der Waals surface area contributed by atoms with Crippen LogP contribution >= 0.6 is 11.6 Å². The van der Waals surface area contributed by atoms with Gasteiger partial charge in [0.05, 0.1) is 41.4 Å². The number of ether oxygens (including phenoxy) is 1. The summed E-state index contributed by atoms with van der Waals surface area (Å²) < 4.78 is 7.71. The van der Waals surface area contributed by atoms with Gasteiger partial charge in [-0.25, -0.2) is 4.68 Å². The Bertz CT molecular complexity index is 726. The van der Waals surface area contributed by atoms with Crippen molar-refractivity contribution in [1.82, 2.24) is 30.1 Å². The fourth-order valence-electron chi connectivity index (χ4n) is 3.07. The smallest absolute Gasteiger partial charge is 0.275 e. The highest BCUT2D eigenvalue weighted by Gasteiger charge is 2.38. The van der Waals surface area contributed by atoms with Gasteiger partial charge in [-0.2, -0.15) is 5.10 Å². The van der Waals surface area contributed by atoms with Gasteiger partial charge in [0.1, 0.15) is 0 Å². The molecular weight excluding hydrogens is 308 g/mol. The van der Waals surface area contributed by atoms with Crippen LogP contribution in [0.1, 0.15) is 34.3 Å². The van der Waals surface area contributed by atoms with Crippen LogP contribution in [0.15, 0.2) is 6.20 Å². The molecule has 2 aromatic rings. The molecule has 1 amide bonds. The molecule has 2 aliphatic rings. The van der Waals surface area contributed by atoms with E-state index in [1.54, 1.807) is 18.0 Å². The van der Waals surface area contributed by atoms with Gasteiger partial charge < -0.3 is 9.64 Å². The molecule has 0 bridgehead atoms. The van der Waals surface area contributed by atoms with Crippen LogP contribution in [-0.2, 0) is 11.3 Å². The molecule has 0 radical (unpaired) electrons. The second-order valence-electron chi connectivity index (χ2n) is 5.64. The molecule has 1 N–H and O–H groups in total. The highest BCUT2D eigenvalue weighted by atomic mass is 35.5. The number of nitrogens with zero attached hydrogens (tertiary/aromatic N) is 5. The van der Waals surface area contributed by atoms with E-state index < -0.39 is 0 Å². The number of rotatable bonds is 1. The molecule has 9 heteroatoms. The number of aromatic amines is 1. The van der Waals surface area contributed by atoms with Crippen molar-refractivity contribution in [3.05, 3.63) is 28.3 Å². The summed E-state index contributed by atoms with van der Waals surface area (Å²) in [5, 5.41) is 15.2. The fourth-order valence-corrected chi connectivity index (χ4v) is 3.24. The maximum absolute atomic E-state index is 12.6. The Hall–Kier alpha value is -1.93. The largest absolute Gasteiger partial charge is 0.370 e. The minimum Gasteiger partial charge on any atom is -0.370 e. The number of piperidine rings is 1. The van der Waals surface area contributed by atoms with Crippen LogP contribution in [-0.4, -0.2) is 55.2 Å². The van der Waals surface area contributed by atoms with E-state index >= 15 is 0 Å². The van der Waals surface area contributed by atoms with Crippen LogP contribution in [0.2, 0.25) is 5.02 Å². The summed E-state index contributed by atoms with van der Waals surface area (Å²) in [7, 11) is 0. The number of H-pyrrole nitrogens is 1. The topological polar surface area (TPSA) is 88.9 Å². The monoisotopic (exact) mass is 322 g/mol. The number of amides is 1. The number of nitrogens with one attached hydrogen (secondary N) is 1. The average molecular weight is 323 g/mol. The van der Waals surface area contributed by atoms with E-state index in [1.807, 2.05) is 4.68 Å². The Morgan fingerprint density at radius 1 is 1.55 bits per heavy atom. The van der Waals surface area contributed by atoms with Gasteiger partial charge in [-0.15, -0.1) is 5.10 Å². The van der Waals surface area contributed by atoms with Gasteiger partial charge in [0.15, 0.2) is 5.69 Å². The van der Waals surface area contributed by atoms with Crippen LogP contribution < -0.4 is 0 Å². The molecule has 0 aromatic carbocycles. The maximum atomic E-state index is 12.6. The van der Waals surface area contributed by atoms with Crippen molar-refractivity contribution in [3.63, 3.8) is 0 Å².